The molecule has 8 heteroatoms. The van der Waals surface area contributed by atoms with Crippen LogP contribution in [-0.4, -0.2) is 33.6 Å². The molecule has 26 heavy (non-hydrogen) atoms. The Bertz CT molecular complexity index is 882. The number of hydrogen-bond donors (Lipinski definition) is 3. The van der Waals surface area contributed by atoms with Crippen molar-refractivity contribution in [3.05, 3.63) is 59.7 Å². The number of benzene rings is 2. The number of nitrogens with one attached hydrogen (secondary N) is 2. The number of primary sulfonamides is 1. The van der Waals surface area contributed by atoms with Crippen molar-refractivity contribution < 1.29 is 17.9 Å². The number of rotatable bonds is 5. The van der Waals surface area contributed by atoms with Crippen LogP contribution in [0.15, 0.2) is 53.4 Å². The SMILES string of the molecule is NS(=O)(=O)c1ccc(CCNC(=O)N[C@H]2COc3ccccc3C2)cc1. The van der Waals surface area contributed by atoms with Gasteiger partial charge in [-0.3, -0.25) is 0 Å². The molecule has 138 valence electrons. The van der Waals surface area contributed by atoms with Crippen LogP contribution in [0.5, 0.6) is 5.75 Å². The Hall–Kier alpha value is -2.58. The van der Waals surface area contributed by atoms with Crippen LogP contribution in [0.4, 0.5) is 4.79 Å². The van der Waals surface area contributed by atoms with E-state index in [-0.39, 0.29) is 17.0 Å². The fourth-order valence-corrected chi connectivity index (χ4v) is 3.34. The molecule has 0 spiro atoms. The summed E-state index contributed by atoms with van der Waals surface area (Å²) in [5.74, 6) is 0.869. The predicted molar refractivity (Wildman–Crippen MR) is 97.5 cm³/mol. The van der Waals surface area contributed by atoms with E-state index in [0.717, 1.165) is 23.3 Å². The van der Waals surface area contributed by atoms with E-state index < -0.39 is 10.0 Å². The van der Waals surface area contributed by atoms with Crippen molar-refractivity contribution in [1.29, 1.82) is 0 Å². The van der Waals surface area contributed by atoms with E-state index >= 15 is 0 Å². The summed E-state index contributed by atoms with van der Waals surface area (Å²) in [6, 6.07) is 13.8. The fraction of sp³-hybridized carbons (Fsp3) is 0.278. The van der Waals surface area contributed by atoms with Crippen LogP contribution in [0.3, 0.4) is 0 Å². The molecule has 7 nitrogen and oxygen atoms in total. The molecule has 1 aliphatic heterocycles. The van der Waals surface area contributed by atoms with Gasteiger partial charge in [-0.2, -0.15) is 0 Å². The van der Waals surface area contributed by atoms with E-state index in [1.807, 2.05) is 24.3 Å². The summed E-state index contributed by atoms with van der Waals surface area (Å²) in [6.45, 7) is 0.879. The maximum Gasteiger partial charge on any atom is 0.315 e. The molecule has 0 unspecified atom stereocenters. The van der Waals surface area contributed by atoms with Crippen molar-refractivity contribution in [3.63, 3.8) is 0 Å². The first-order valence-corrected chi connectivity index (χ1v) is 9.83. The molecule has 0 aliphatic carbocycles. The van der Waals surface area contributed by atoms with Gasteiger partial charge in [-0.1, -0.05) is 30.3 Å². The molecular formula is C18H21N3O4S. The number of sulfonamides is 1. The zero-order valence-corrected chi connectivity index (χ0v) is 15.0. The van der Waals surface area contributed by atoms with Gasteiger partial charge in [-0.15, -0.1) is 0 Å². The number of ether oxygens (including phenoxy) is 1. The molecule has 4 N–H and O–H groups in total. The lowest BCUT2D eigenvalue weighted by Gasteiger charge is -2.26. The van der Waals surface area contributed by atoms with Crippen molar-refractivity contribution in [2.24, 2.45) is 5.14 Å². The molecule has 1 atom stereocenters. The number of carbonyl (C=O) groups is 1. The molecule has 0 saturated carbocycles. The summed E-state index contributed by atoms with van der Waals surface area (Å²) in [5.41, 5.74) is 1.99. The lowest BCUT2D eigenvalue weighted by molar-refractivity contribution is 0.214. The van der Waals surface area contributed by atoms with E-state index in [0.29, 0.717) is 19.6 Å². The molecular weight excluding hydrogens is 354 g/mol. The normalized spacial score (nSPS) is 16.3. The quantitative estimate of drug-likeness (QED) is 0.729. The summed E-state index contributed by atoms with van der Waals surface area (Å²) in [7, 11) is -3.68. The Labute approximate surface area is 152 Å². The Kier molecular flexibility index (Phi) is 5.43. The minimum atomic E-state index is -3.68. The van der Waals surface area contributed by atoms with Gasteiger partial charge in [0.15, 0.2) is 0 Å². The van der Waals surface area contributed by atoms with Crippen LogP contribution < -0.4 is 20.5 Å². The summed E-state index contributed by atoms with van der Waals surface area (Å²) in [6.07, 6.45) is 1.32. The number of fused-ring (bicyclic) bond motifs is 1. The average Bonchev–Trinajstić information content (AvgIpc) is 2.61. The van der Waals surface area contributed by atoms with Gasteiger partial charge >= 0.3 is 6.03 Å². The Morgan fingerprint density at radius 2 is 1.88 bits per heavy atom. The van der Waals surface area contributed by atoms with Crippen LogP contribution in [0.1, 0.15) is 11.1 Å². The second kappa shape index (κ2) is 7.76. The van der Waals surface area contributed by atoms with Gasteiger partial charge < -0.3 is 15.4 Å². The number of urea groups is 1. The highest BCUT2D eigenvalue weighted by Crippen LogP contribution is 2.23. The first-order chi connectivity index (χ1) is 12.4. The third-order valence-corrected chi connectivity index (χ3v) is 5.09. The molecule has 2 amide bonds. The molecule has 0 bridgehead atoms. The van der Waals surface area contributed by atoms with Gasteiger partial charge in [-0.05, 0) is 42.2 Å². The minimum absolute atomic E-state index is 0.0704. The fourth-order valence-electron chi connectivity index (χ4n) is 2.82. The molecule has 2 aromatic carbocycles. The Balaban J connectivity index is 1.43. The zero-order chi connectivity index (χ0) is 18.6. The summed E-state index contributed by atoms with van der Waals surface area (Å²) in [5, 5.41) is 10.8. The first-order valence-electron chi connectivity index (χ1n) is 8.28. The topological polar surface area (TPSA) is 111 Å². The number of amides is 2. The highest BCUT2D eigenvalue weighted by molar-refractivity contribution is 7.89. The number of para-hydroxylation sites is 1. The second-order valence-corrected chi connectivity index (χ2v) is 7.72. The monoisotopic (exact) mass is 375 g/mol. The Morgan fingerprint density at radius 3 is 2.62 bits per heavy atom. The molecule has 1 aliphatic rings. The number of hydrogen-bond acceptors (Lipinski definition) is 4. The maximum atomic E-state index is 12.0. The molecule has 0 aromatic heterocycles. The smallest absolute Gasteiger partial charge is 0.315 e. The third-order valence-electron chi connectivity index (χ3n) is 4.17. The summed E-state index contributed by atoms with van der Waals surface area (Å²) in [4.78, 5) is 12.1. The van der Waals surface area contributed by atoms with Gasteiger partial charge in [0.25, 0.3) is 0 Å². The van der Waals surface area contributed by atoms with Crippen molar-refractivity contribution in [2.45, 2.75) is 23.8 Å². The van der Waals surface area contributed by atoms with Crippen LogP contribution in [0.25, 0.3) is 0 Å². The van der Waals surface area contributed by atoms with Gasteiger partial charge in [0.2, 0.25) is 10.0 Å². The largest absolute Gasteiger partial charge is 0.491 e. The van der Waals surface area contributed by atoms with E-state index in [2.05, 4.69) is 10.6 Å². The highest BCUT2D eigenvalue weighted by Gasteiger charge is 2.20. The van der Waals surface area contributed by atoms with Gasteiger partial charge in [0.1, 0.15) is 12.4 Å². The van der Waals surface area contributed by atoms with Crippen LogP contribution in [-0.2, 0) is 22.9 Å². The molecule has 0 fully saturated rings. The van der Waals surface area contributed by atoms with Crippen molar-refractivity contribution in [2.75, 3.05) is 13.2 Å². The molecule has 3 rings (SSSR count). The van der Waals surface area contributed by atoms with Crippen molar-refractivity contribution in [3.8, 4) is 5.75 Å². The van der Waals surface area contributed by atoms with Crippen LogP contribution in [0, 0.1) is 0 Å². The molecule has 1 heterocycles. The average molecular weight is 375 g/mol. The number of nitrogens with two attached hydrogens (primary N) is 1. The van der Waals surface area contributed by atoms with E-state index in [1.165, 1.54) is 12.1 Å². The Morgan fingerprint density at radius 1 is 1.15 bits per heavy atom. The summed E-state index contributed by atoms with van der Waals surface area (Å²) < 4.78 is 28.1. The lowest BCUT2D eigenvalue weighted by Crippen LogP contribution is -2.47. The van der Waals surface area contributed by atoms with Crippen molar-refractivity contribution in [1.82, 2.24) is 10.6 Å². The summed E-state index contributed by atoms with van der Waals surface area (Å²) >= 11 is 0. The number of carbonyl (C=O) groups excluding carboxylic acids is 1. The predicted octanol–water partition coefficient (Wildman–Crippen LogP) is 1.18. The molecule has 0 radical (unpaired) electrons. The lowest BCUT2D eigenvalue weighted by atomic mass is 10.0. The molecule has 2 aromatic rings. The van der Waals surface area contributed by atoms with Crippen molar-refractivity contribution >= 4 is 16.1 Å². The van der Waals surface area contributed by atoms with Crippen LogP contribution in [0.2, 0.25) is 0 Å². The standard InChI is InChI=1S/C18H21N3O4S/c19-26(23,24)16-7-5-13(6-8-16)9-10-20-18(22)21-15-11-14-3-1-2-4-17(14)25-12-15/h1-8,15H,9-12H2,(H2,19,23,24)(H2,20,21,22)/t15-/m1/s1. The van der Waals surface area contributed by atoms with E-state index in [1.54, 1.807) is 12.1 Å². The zero-order valence-electron chi connectivity index (χ0n) is 14.1. The van der Waals surface area contributed by atoms with Crippen LogP contribution >= 0.6 is 0 Å². The van der Waals surface area contributed by atoms with Gasteiger partial charge in [0, 0.05) is 6.54 Å². The second-order valence-electron chi connectivity index (χ2n) is 6.16. The molecule has 0 saturated heterocycles. The highest BCUT2D eigenvalue weighted by atomic mass is 32.2. The van der Waals surface area contributed by atoms with E-state index in [4.69, 9.17) is 9.88 Å². The first kappa shape index (κ1) is 18.2. The third kappa shape index (κ3) is 4.74. The van der Waals surface area contributed by atoms with Gasteiger partial charge in [0.05, 0.1) is 10.9 Å². The van der Waals surface area contributed by atoms with Gasteiger partial charge in [-0.25, -0.2) is 18.4 Å². The maximum absolute atomic E-state index is 12.0. The van der Waals surface area contributed by atoms with E-state index in [9.17, 15) is 13.2 Å². The minimum Gasteiger partial charge on any atom is -0.491 e.